The van der Waals surface area contributed by atoms with Gasteiger partial charge in [-0.2, -0.15) is 0 Å². The highest BCUT2D eigenvalue weighted by atomic mass is 79.9. The van der Waals surface area contributed by atoms with Gasteiger partial charge in [-0.3, -0.25) is 9.36 Å². The van der Waals surface area contributed by atoms with Gasteiger partial charge in [0, 0.05) is 16.7 Å². The van der Waals surface area contributed by atoms with E-state index in [0.717, 1.165) is 4.47 Å². The SMILES string of the molecule is CC(C)C[C@H](NC(=O)Nc1ccc(Br)cc1)C(=O)NCCP(=O)(O)O. The number of hydrogen-bond donors (Lipinski definition) is 5. The first-order chi connectivity index (χ1) is 11.6. The van der Waals surface area contributed by atoms with Crippen molar-refractivity contribution in [2.24, 2.45) is 5.92 Å². The Morgan fingerprint density at radius 1 is 1.20 bits per heavy atom. The fourth-order valence-corrected chi connectivity index (χ4v) is 2.68. The smallest absolute Gasteiger partial charge is 0.327 e. The van der Waals surface area contributed by atoms with Crippen molar-refractivity contribution in [3.8, 4) is 0 Å². The number of hydrogen-bond acceptors (Lipinski definition) is 3. The Morgan fingerprint density at radius 2 is 1.80 bits per heavy atom. The van der Waals surface area contributed by atoms with Crippen molar-refractivity contribution in [2.75, 3.05) is 18.0 Å². The molecule has 10 heteroatoms. The summed E-state index contributed by atoms with van der Waals surface area (Å²) in [7, 11) is -4.18. The van der Waals surface area contributed by atoms with Crippen molar-refractivity contribution in [2.45, 2.75) is 26.3 Å². The fourth-order valence-electron chi connectivity index (χ4n) is 2.01. The molecule has 0 unspecified atom stereocenters. The van der Waals surface area contributed by atoms with Crippen LogP contribution >= 0.6 is 23.5 Å². The van der Waals surface area contributed by atoms with E-state index in [1.165, 1.54) is 0 Å². The van der Waals surface area contributed by atoms with Crippen molar-refractivity contribution in [3.63, 3.8) is 0 Å². The van der Waals surface area contributed by atoms with Gasteiger partial charge >= 0.3 is 13.6 Å². The number of anilines is 1. The summed E-state index contributed by atoms with van der Waals surface area (Å²) in [4.78, 5) is 41.9. The summed E-state index contributed by atoms with van der Waals surface area (Å²) >= 11 is 3.30. The summed E-state index contributed by atoms with van der Waals surface area (Å²) in [6.07, 6.45) is -0.0479. The van der Waals surface area contributed by atoms with Crippen LogP contribution in [0.25, 0.3) is 0 Å². The van der Waals surface area contributed by atoms with E-state index in [1.54, 1.807) is 24.3 Å². The van der Waals surface area contributed by atoms with Gasteiger partial charge in [-0.05, 0) is 36.6 Å². The van der Waals surface area contributed by atoms with Crippen LogP contribution in [0, 0.1) is 5.92 Å². The summed E-state index contributed by atoms with van der Waals surface area (Å²) in [6.45, 7) is 3.65. The van der Waals surface area contributed by atoms with Crippen molar-refractivity contribution in [1.82, 2.24) is 10.6 Å². The number of nitrogens with one attached hydrogen (secondary N) is 3. The zero-order valence-electron chi connectivity index (χ0n) is 14.0. The van der Waals surface area contributed by atoms with Crippen LogP contribution in [0.3, 0.4) is 0 Å². The number of carbonyl (C=O) groups excluding carboxylic acids is 2. The van der Waals surface area contributed by atoms with Crippen LogP contribution in [0.5, 0.6) is 0 Å². The van der Waals surface area contributed by atoms with Crippen LogP contribution in [-0.2, 0) is 9.36 Å². The monoisotopic (exact) mass is 435 g/mol. The summed E-state index contributed by atoms with van der Waals surface area (Å²) in [5, 5.41) is 7.67. The molecule has 0 aromatic heterocycles. The van der Waals surface area contributed by atoms with E-state index in [1.807, 2.05) is 13.8 Å². The first-order valence-corrected chi connectivity index (χ1v) is 10.3. The Balaban J connectivity index is 2.61. The second-order valence-electron chi connectivity index (χ2n) is 5.97. The third-order valence-electron chi connectivity index (χ3n) is 3.13. The first-order valence-electron chi connectivity index (χ1n) is 7.72. The molecule has 1 rings (SSSR count). The zero-order valence-corrected chi connectivity index (χ0v) is 16.5. The molecule has 1 atom stereocenters. The molecule has 0 fully saturated rings. The van der Waals surface area contributed by atoms with Crippen molar-refractivity contribution >= 4 is 41.2 Å². The zero-order chi connectivity index (χ0) is 19.0. The molecule has 0 saturated carbocycles. The standard InChI is InChI=1S/C15H23BrN3O5P/c1-10(2)9-13(14(20)17-7-8-25(22,23)24)19-15(21)18-12-5-3-11(16)4-6-12/h3-6,10,13H,7-9H2,1-2H3,(H,17,20)(H2,18,19,21)(H2,22,23,24)/t13-/m0/s1. The molecule has 25 heavy (non-hydrogen) atoms. The molecule has 0 aliphatic heterocycles. The van der Waals surface area contributed by atoms with Crippen LogP contribution in [0.4, 0.5) is 10.5 Å². The highest BCUT2D eigenvalue weighted by Gasteiger charge is 2.22. The van der Waals surface area contributed by atoms with Crippen molar-refractivity contribution < 1.29 is 23.9 Å². The third kappa shape index (κ3) is 9.60. The molecule has 0 saturated heterocycles. The molecule has 3 amide bonds. The molecule has 0 heterocycles. The lowest BCUT2D eigenvalue weighted by Crippen LogP contribution is -2.49. The minimum absolute atomic E-state index is 0.144. The second kappa shape index (κ2) is 9.91. The third-order valence-corrected chi connectivity index (χ3v) is 4.47. The van der Waals surface area contributed by atoms with Crippen LogP contribution in [0.15, 0.2) is 28.7 Å². The molecule has 0 aliphatic rings. The summed E-state index contributed by atoms with van der Waals surface area (Å²) in [5.41, 5.74) is 0.575. The molecule has 5 N–H and O–H groups in total. The van der Waals surface area contributed by atoms with E-state index in [0.29, 0.717) is 12.1 Å². The maximum Gasteiger partial charge on any atom is 0.327 e. The van der Waals surface area contributed by atoms with Crippen molar-refractivity contribution in [3.05, 3.63) is 28.7 Å². The average Bonchev–Trinajstić information content (AvgIpc) is 2.47. The number of amides is 3. The van der Waals surface area contributed by atoms with Crippen LogP contribution in [0.1, 0.15) is 20.3 Å². The molecule has 8 nitrogen and oxygen atoms in total. The molecule has 1 aromatic rings. The van der Waals surface area contributed by atoms with Gasteiger partial charge in [0.1, 0.15) is 6.04 Å². The Hall–Kier alpha value is -1.41. The van der Waals surface area contributed by atoms with Gasteiger partial charge in [0.05, 0.1) is 6.16 Å². The average molecular weight is 436 g/mol. The normalized spacial score (nSPS) is 12.6. The number of halogens is 1. The minimum Gasteiger partial charge on any atom is -0.354 e. The first kappa shape index (κ1) is 21.6. The van der Waals surface area contributed by atoms with Gasteiger partial charge in [-0.15, -0.1) is 0 Å². The van der Waals surface area contributed by atoms with Crippen molar-refractivity contribution in [1.29, 1.82) is 0 Å². The highest BCUT2D eigenvalue weighted by molar-refractivity contribution is 9.10. The topological polar surface area (TPSA) is 128 Å². The quantitative estimate of drug-likeness (QED) is 0.400. The van der Waals surface area contributed by atoms with Crippen LogP contribution in [-0.4, -0.2) is 40.5 Å². The summed E-state index contributed by atoms with van der Waals surface area (Å²) in [6, 6.07) is 5.64. The Bertz CT molecular complexity index is 633. The number of urea groups is 1. The summed E-state index contributed by atoms with van der Waals surface area (Å²) in [5.74, 6) is -0.335. The van der Waals surface area contributed by atoms with E-state index in [-0.39, 0.29) is 12.5 Å². The minimum atomic E-state index is -4.18. The Morgan fingerprint density at radius 3 is 2.32 bits per heavy atom. The van der Waals surface area contributed by atoms with E-state index in [4.69, 9.17) is 9.79 Å². The Kier molecular flexibility index (Phi) is 8.58. The van der Waals surface area contributed by atoms with Crippen LogP contribution in [0.2, 0.25) is 0 Å². The lowest BCUT2D eigenvalue weighted by atomic mass is 10.0. The lowest BCUT2D eigenvalue weighted by Gasteiger charge is -2.20. The maximum absolute atomic E-state index is 12.2. The highest BCUT2D eigenvalue weighted by Crippen LogP contribution is 2.32. The summed E-state index contributed by atoms with van der Waals surface area (Å²) < 4.78 is 11.7. The van der Waals surface area contributed by atoms with E-state index >= 15 is 0 Å². The molecular weight excluding hydrogens is 413 g/mol. The van der Waals surface area contributed by atoms with Gasteiger partial charge in [0.2, 0.25) is 5.91 Å². The van der Waals surface area contributed by atoms with Gasteiger partial charge in [-0.25, -0.2) is 4.79 Å². The molecule has 0 aliphatic carbocycles. The second-order valence-corrected chi connectivity index (χ2v) is 8.66. The predicted molar refractivity (Wildman–Crippen MR) is 99.5 cm³/mol. The Labute approximate surface area is 155 Å². The number of benzene rings is 1. The predicted octanol–water partition coefficient (Wildman–Crippen LogP) is 2.28. The molecule has 140 valence electrons. The van der Waals surface area contributed by atoms with Gasteiger partial charge in [0.15, 0.2) is 0 Å². The fraction of sp³-hybridized carbons (Fsp3) is 0.467. The van der Waals surface area contributed by atoms with Gasteiger partial charge in [-0.1, -0.05) is 29.8 Å². The van der Waals surface area contributed by atoms with Gasteiger partial charge < -0.3 is 25.7 Å². The molecule has 0 spiro atoms. The van der Waals surface area contributed by atoms with E-state index in [9.17, 15) is 14.2 Å². The van der Waals surface area contributed by atoms with Gasteiger partial charge in [0.25, 0.3) is 0 Å². The molecule has 0 bridgehead atoms. The van der Waals surface area contributed by atoms with Crippen LogP contribution < -0.4 is 16.0 Å². The molecule has 0 radical (unpaired) electrons. The molecular formula is C15H23BrN3O5P. The van der Waals surface area contributed by atoms with E-state index in [2.05, 4.69) is 31.9 Å². The largest absolute Gasteiger partial charge is 0.354 e. The lowest BCUT2D eigenvalue weighted by molar-refractivity contribution is -0.123. The van der Waals surface area contributed by atoms with E-state index < -0.39 is 31.7 Å². The number of carbonyl (C=O) groups is 2. The molecule has 1 aromatic carbocycles. The maximum atomic E-state index is 12.2. The number of rotatable bonds is 8.